The minimum atomic E-state index is -0.477. The lowest BCUT2D eigenvalue weighted by atomic mass is 9.94. The monoisotopic (exact) mass is 372 g/mol. The predicted octanol–water partition coefficient (Wildman–Crippen LogP) is 3.19. The topological polar surface area (TPSA) is 87.0 Å². The highest BCUT2D eigenvalue weighted by molar-refractivity contribution is 5.91. The van der Waals surface area contributed by atoms with Crippen LogP contribution in [0.3, 0.4) is 0 Å². The van der Waals surface area contributed by atoms with E-state index in [1.807, 2.05) is 26.8 Å². The zero-order valence-electron chi connectivity index (χ0n) is 16.1. The van der Waals surface area contributed by atoms with Crippen molar-refractivity contribution >= 4 is 5.97 Å². The first-order chi connectivity index (χ1) is 12.9. The van der Waals surface area contributed by atoms with Crippen molar-refractivity contribution in [2.24, 2.45) is 0 Å². The molecule has 146 valence electrons. The van der Waals surface area contributed by atoms with E-state index in [0.717, 1.165) is 16.7 Å². The molecule has 0 aliphatic rings. The number of esters is 1. The van der Waals surface area contributed by atoms with Crippen LogP contribution in [0.2, 0.25) is 0 Å². The molecule has 5 nitrogen and oxygen atoms in total. The number of ether oxygens (including phenoxy) is 1. The molecule has 0 aliphatic heterocycles. The van der Waals surface area contributed by atoms with Crippen molar-refractivity contribution < 1.29 is 24.9 Å². The number of aliphatic hydroxyl groups is 3. The number of carbonyl (C=O) groups excluding carboxylic acids is 1. The van der Waals surface area contributed by atoms with Crippen molar-refractivity contribution in [1.82, 2.24) is 0 Å². The number of rotatable bonds is 8. The van der Waals surface area contributed by atoms with Gasteiger partial charge in [-0.1, -0.05) is 39.0 Å². The molecule has 0 aliphatic carbocycles. The van der Waals surface area contributed by atoms with Crippen LogP contribution in [0.25, 0.3) is 0 Å². The van der Waals surface area contributed by atoms with Gasteiger partial charge in [0, 0.05) is 37.6 Å². The molecular formula is C22H28O5. The van der Waals surface area contributed by atoms with E-state index < -0.39 is 5.97 Å². The fourth-order valence-corrected chi connectivity index (χ4v) is 2.70. The van der Waals surface area contributed by atoms with Gasteiger partial charge in [0.05, 0.1) is 5.56 Å². The largest absolute Gasteiger partial charge is 0.423 e. The van der Waals surface area contributed by atoms with Gasteiger partial charge in [0.1, 0.15) is 5.75 Å². The van der Waals surface area contributed by atoms with Crippen molar-refractivity contribution in [2.45, 2.75) is 38.5 Å². The molecule has 0 saturated carbocycles. The van der Waals surface area contributed by atoms with Crippen LogP contribution >= 0.6 is 0 Å². The molecule has 5 heteroatoms. The molecule has 0 bridgehead atoms. The smallest absolute Gasteiger partial charge is 0.343 e. The number of carbonyl (C=O) groups is 1. The van der Waals surface area contributed by atoms with E-state index in [4.69, 9.17) is 4.74 Å². The van der Waals surface area contributed by atoms with E-state index >= 15 is 0 Å². The molecule has 0 fully saturated rings. The molecule has 0 saturated heterocycles. The predicted molar refractivity (Wildman–Crippen MR) is 104 cm³/mol. The van der Waals surface area contributed by atoms with Gasteiger partial charge in [-0.25, -0.2) is 4.79 Å². The maximum atomic E-state index is 12.5. The Kier molecular flexibility index (Phi) is 7.54. The number of hydrogen-bond acceptors (Lipinski definition) is 5. The Morgan fingerprint density at radius 2 is 1.22 bits per heavy atom. The minimum absolute atomic E-state index is 0.00856. The van der Waals surface area contributed by atoms with Crippen LogP contribution in [-0.4, -0.2) is 41.1 Å². The minimum Gasteiger partial charge on any atom is -0.423 e. The third-order valence-corrected chi connectivity index (χ3v) is 4.84. The van der Waals surface area contributed by atoms with Gasteiger partial charge in [0.15, 0.2) is 0 Å². The Morgan fingerprint density at radius 1 is 0.778 bits per heavy atom. The van der Waals surface area contributed by atoms with Gasteiger partial charge in [-0.2, -0.15) is 0 Å². The molecule has 0 amide bonds. The molecule has 27 heavy (non-hydrogen) atoms. The van der Waals surface area contributed by atoms with Crippen LogP contribution in [0.15, 0.2) is 42.5 Å². The maximum Gasteiger partial charge on any atom is 0.343 e. The van der Waals surface area contributed by atoms with Gasteiger partial charge in [0.2, 0.25) is 0 Å². The van der Waals surface area contributed by atoms with E-state index in [0.29, 0.717) is 11.3 Å². The second-order valence-electron chi connectivity index (χ2n) is 7.10. The van der Waals surface area contributed by atoms with Crippen LogP contribution in [-0.2, 0) is 0 Å². The average Bonchev–Trinajstić information content (AvgIpc) is 2.71. The van der Waals surface area contributed by atoms with Gasteiger partial charge in [0.25, 0.3) is 0 Å². The van der Waals surface area contributed by atoms with Gasteiger partial charge in [-0.15, -0.1) is 0 Å². The van der Waals surface area contributed by atoms with E-state index in [-0.39, 0.29) is 37.6 Å². The molecule has 0 aromatic heterocycles. The summed E-state index contributed by atoms with van der Waals surface area (Å²) in [5.74, 6) is -0.287. The quantitative estimate of drug-likeness (QED) is 0.489. The van der Waals surface area contributed by atoms with Crippen molar-refractivity contribution in [1.29, 1.82) is 0 Å². The fourth-order valence-electron chi connectivity index (χ4n) is 2.70. The highest BCUT2D eigenvalue weighted by atomic mass is 16.5. The van der Waals surface area contributed by atoms with Crippen LogP contribution in [0.4, 0.5) is 0 Å². The van der Waals surface area contributed by atoms with E-state index in [2.05, 4.69) is 0 Å². The summed E-state index contributed by atoms with van der Waals surface area (Å²) in [6.07, 6.45) is 0. The lowest BCUT2D eigenvalue weighted by Crippen LogP contribution is -2.11. The van der Waals surface area contributed by atoms with E-state index in [1.165, 1.54) is 0 Å². The number of benzene rings is 2. The van der Waals surface area contributed by atoms with Gasteiger partial charge >= 0.3 is 5.97 Å². The van der Waals surface area contributed by atoms with Crippen molar-refractivity contribution in [2.75, 3.05) is 19.8 Å². The second kappa shape index (κ2) is 9.65. The van der Waals surface area contributed by atoms with Gasteiger partial charge in [-0.3, -0.25) is 0 Å². The summed E-state index contributed by atoms with van der Waals surface area (Å²) < 4.78 is 5.55. The Labute approximate surface area is 160 Å². The molecule has 2 rings (SSSR count). The normalized spacial score (nSPS) is 14.4. The molecule has 3 N–H and O–H groups in total. The first kappa shape index (κ1) is 21.1. The number of hydrogen-bond donors (Lipinski definition) is 3. The maximum absolute atomic E-state index is 12.5. The number of aliphatic hydroxyl groups excluding tert-OH is 3. The van der Waals surface area contributed by atoms with E-state index in [1.54, 1.807) is 36.4 Å². The Balaban J connectivity index is 2.25. The molecule has 0 heterocycles. The van der Waals surface area contributed by atoms with Gasteiger partial charge < -0.3 is 20.1 Å². The molecule has 0 spiro atoms. The fraction of sp³-hybridized carbons (Fsp3) is 0.409. The standard InChI is InChI=1S/C22H28O5/c1-14(11-23)17-4-6-18(7-5-17)22(26)27-21-9-19(15(2)12-24)8-20(10-21)16(3)13-25/h4-10,14-16,23-25H,11-13H2,1-3H3. The lowest BCUT2D eigenvalue weighted by Gasteiger charge is -2.16. The molecule has 2 aromatic rings. The van der Waals surface area contributed by atoms with Crippen LogP contribution in [0.1, 0.15) is 65.6 Å². The summed E-state index contributed by atoms with van der Waals surface area (Å²) in [6.45, 7) is 5.69. The highest BCUT2D eigenvalue weighted by Crippen LogP contribution is 2.28. The lowest BCUT2D eigenvalue weighted by molar-refractivity contribution is 0.0734. The van der Waals surface area contributed by atoms with Gasteiger partial charge in [-0.05, 0) is 41.0 Å². The third-order valence-electron chi connectivity index (χ3n) is 4.84. The summed E-state index contributed by atoms with van der Waals surface area (Å²) in [7, 11) is 0. The summed E-state index contributed by atoms with van der Waals surface area (Å²) in [5.41, 5.74) is 3.07. The Bertz CT molecular complexity index is 726. The Morgan fingerprint density at radius 3 is 1.67 bits per heavy atom. The highest BCUT2D eigenvalue weighted by Gasteiger charge is 2.15. The SMILES string of the molecule is CC(CO)c1ccc(C(=O)Oc2cc(C(C)CO)cc(C(C)CO)c2)cc1. The van der Waals surface area contributed by atoms with Crippen LogP contribution in [0, 0.1) is 0 Å². The van der Waals surface area contributed by atoms with Crippen LogP contribution < -0.4 is 4.74 Å². The second-order valence-corrected chi connectivity index (χ2v) is 7.10. The Hall–Kier alpha value is -2.21. The summed E-state index contributed by atoms with van der Waals surface area (Å²) in [4.78, 5) is 12.5. The van der Waals surface area contributed by atoms with Crippen molar-refractivity contribution in [3.63, 3.8) is 0 Å². The molecular weight excluding hydrogens is 344 g/mol. The first-order valence-electron chi connectivity index (χ1n) is 9.19. The molecule has 3 atom stereocenters. The molecule has 3 unspecified atom stereocenters. The van der Waals surface area contributed by atoms with Crippen molar-refractivity contribution in [3.8, 4) is 5.75 Å². The van der Waals surface area contributed by atoms with E-state index in [9.17, 15) is 20.1 Å². The van der Waals surface area contributed by atoms with Crippen LogP contribution in [0.5, 0.6) is 5.75 Å². The summed E-state index contributed by atoms with van der Waals surface area (Å²) >= 11 is 0. The molecule has 0 radical (unpaired) electrons. The zero-order chi connectivity index (χ0) is 20.0. The third kappa shape index (κ3) is 5.39. The molecule has 2 aromatic carbocycles. The average molecular weight is 372 g/mol. The summed E-state index contributed by atoms with van der Waals surface area (Å²) in [6, 6.07) is 12.4. The first-order valence-corrected chi connectivity index (χ1v) is 9.19. The summed E-state index contributed by atoms with van der Waals surface area (Å²) in [5, 5.41) is 28.1. The van der Waals surface area contributed by atoms with Crippen molar-refractivity contribution in [3.05, 3.63) is 64.7 Å². The zero-order valence-corrected chi connectivity index (χ0v) is 16.1.